The van der Waals surface area contributed by atoms with Gasteiger partial charge in [0.25, 0.3) is 5.91 Å². The Hall–Kier alpha value is -3.64. The zero-order valence-corrected chi connectivity index (χ0v) is 20.7. The van der Waals surface area contributed by atoms with Crippen molar-refractivity contribution in [1.82, 2.24) is 0 Å². The number of ether oxygens (including phenoxy) is 2. The molecule has 1 aliphatic carbocycles. The minimum atomic E-state index is -0.693. The van der Waals surface area contributed by atoms with E-state index in [4.69, 9.17) is 15.2 Å². The second kappa shape index (κ2) is 9.55. The molecule has 2 aliphatic rings. The predicted octanol–water partition coefficient (Wildman–Crippen LogP) is 5.06. The van der Waals surface area contributed by atoms with Gasteiger partial charge in [-0.25, -0.2) is 4.39 Å². The summed E-state index contributed by atoms with van der Waals surface area (Å²) in [5.74, 6) is -1.10. The van der Waals surface area contributed by atoms with Crippen molar-refractivity contribution in [1.29, 1.82) is 5.26 Å². The molecule has 1 amide bonds. The highest BCUT2D eigenvalue weighted by atomic mass is 79.9. The molecule has 0 saturated carbocycles. The Morgan fingerprint density at radius 3 is 2.80 bits per heavy atom. The van der Waals surface area contributed by atoms with E-state index in [0.717, 1.165) is 0 Å². The number of rotatable bonds is 5. The maximum atomic E-state index is 14.0. The highest BCUT2D eigenvalue weighted by Gasteiger charge is 2.43. The van der Waals surface area contributed by atoms with Gasteiger partial charge in [0, 0.05) is 22.9 Å². The smallest absolute Gasteiger partial charge is 0.262 e. The van der Waals surface area contributed by atoms with E-state index in [1.807, 2.05) is 13.8 Å². The van der Waals surface area contributed by atoms with Crippen LogP contribution >= 0.6 is 15.9 Å². The number of ketones is 1. The minimum absolute atomic E-state index is 0.0241. The van der Waals surface area contributed by atoms with Gasteiger partial charge in [0.15, 0.2) is 12.4 Å². The van der Waals surface area contributed by atoms with E-state index in [0.29, 0.717) is 40.0 Å². The number of benzene rings is 2. The van der Waals surface area contributed by atoms with Crippen LogP contribution in [0.4, 0.5) is 10.1 Å². The van der Waals surface area contributed by atoms with Crippen molar-refractivity contribution in [3.8, 4) is 11.8 Å². The number of anilines is 1. The largest absolute Gasteiger partial charge is 0.484 e. The number of nitriles is 1. The number of nitrogens with one attached hydrogen (secondary N) is 1. The monoisotopic (exact) mass is 539 g/mol. The molecule has 1 atom stereocenters. The Balaban J connectivity index is 1.56. The van der Waals surface area contributed by atoms with Gasteiger partial charge in [-0.3, -0.25) is 9.59 Å². The van der Waals surface area contributed by atoms with E-state index in [1.165, 1.54) is 12.1 Å². The number of amides is 1. The molecule has 9 heteroatoms. The van der Waals surface area contributed by atoms with Gasteiger partial charge in [-0.1, -0.05) is 41.9 Å². The number of nitrogens with zero attached hydrogens (tertiary/aromatic N) is 1. The molecule has 0 spiro atoms. The quantitative estimate of drug-likeness (QED) is 0.548. The first-order chi connectivity index (χ1) is 16.6. The lowest BCUT2D eigenvalue weighted by atomic mass is 9.70. The number of carbonyl (C=O) groups excluding carboxylic acids is 2. The molecule has 180 valence electrons. The van der Waals surface area contributed by atoms with Crippen LogP contribution in [0.2, 0.25) is 0 Å². The number of hydrogen-bond donors (Lipinski definition) is 2. The van der Waals surface area contributed by atoms with Crippen LogP contribution in [0.1, 0.15) is 38.2 Å². The summed E-state index contributed by atoms with van der Waals surface area (Å²) in [6.45, 7) is 3.59. The fourth-order valence-corrected chi connectivity index (χ4v) is 4.66. The first-order valence-corrected chi connectivity index (χ1v) is 11.7. The first-order valence-electron chi connectivity index (χ1n) is 10.9. The van der Waals surface area contributed by atoms with Gasteiger partial charge in [0.2, 0.25) is 5.88 Å². The van der Waals surface area contributed by atoms with Crippen LogP contribution in [0, 0.1) is 22.6 Å². The molecule has 4 rings (SSSR count). The van der Waals surface area contributed by atoms with Crippen molar-refractivity contribution in [3.63, 3.8) is 0 Å². The van der Waals surface area contributed by atoms with Crippen molar-refractivity contribution in [2.75, 3.05) is 11.9 Å². The fourth-order valence-electron chi connectivity index (χ4n) is 4.33. The highest BCUT2D eigenvalue weighted by molar-refractivity contribution is 9.10. The first kappa shape index (κ1) is 24.5. The molecule has 0 aromatic heterocycles. The van der Waals surface area contributed by atoms with Crippen molar-refractivity contribution in [2.45, 2.75) is 32.6 Å². The van der Waals surface area contributed by atoms with Crippen molar-refractivity contribution in [2.24, 2.45) is 11.1 Å². The molecule has 3 N–H and O–H groups in total. The maximum absolute atomic E-state index is 14.0. The molecular weight excluding hydrogens is 517 g/mol. The molecule has 0 bridgehead atoms. The average molecular weight is 540 g/mol. The highest BCUT2D eigenvalue weighted by Crippen LogP contribution is 2.48. The van der Waals surface area contributed by atoms with Crippen molar-refractivity contribution in [3.05, 3.63) is 81.1 Å². The Kier molecular flexibility index (Phi) is 6.68. The van der Waals surface area contributed by atoms with Crippen LogP contribution in [0.3, 0.4) is 0 Å². The van der Waals surface area contributed by atoms with Crippen LogP contribution in [0.5, 0.6) is 5.75 Å². The lowest BCUT2D eigenvalue weighted by Crippen LogP contribution is -2.33. The average Bonchev–Trinajstić information content (AvgIpc) is 2.78. The Morgan fingerprint density at radius 1 is 1.31 bits per heavy atom. The molecule has 35 heavy (non-hydrogen) atoms. The summed E-state index contributed by atoms with van der Waals surface area (Å²) in [5.41, 5.74) is 7.01. The lowest BCUT2D eigenvalue weighted by molar-refractivity contribution is -0.119. The summed E-state index contributed by atoms with van der Waals surface area (Å²) < 4.78 is 25.9. The molecule has 1 aliphatic heterocycles. The van der Waals surface area contributed by atoms with Crippen LogP contribution in [-0.4, -0.2) is 18.3 Å². The van der Waals surface area contributed by atoms with E-state index in [-0.39, 0.29) is 34.9 Å². The van der Waals surface area contributed by atoms with Gasteiger partial charge in [0.05, 0.1) is 11.6 Å². The number of hydrogen-bond acceptors (Lipinski definition) is 6. The number of allylic oxidation sites excluding steroid dienone is 3. The van der Waals surface area contributed by atoms with Gasteiger partial charge in [0.1, 0.15) is 29.0 Å². The Labute approximate surface area is 210 Å². The van der Waals surface area contributed by atoms with Gasteiger partial charge in [-0.2, -0.15) is 5.26 Å². The number of halogens is 2. The van der Waals surface area contributed by atoms with E-state index >= 15 is 0 Å². The number of nitrogens with two attached hydrogens (primary N) is 1. The minimum Gasteiger partial charge on any atom is -0.484 e. The summed E-state index contributed by atoms with van der Waals surface area (Å²) in [6, 6.07) is 13.2. The van der Waals surface area contributed by atoms with E-state index in [1.54, 1.807) is 30.3 Å². The van der Waals surface area contributed by atoms with Crippen LogP contribution in [-0.2, 0) is 14.3 Å². The number of Topliss-reactive ketones (excluding diaryl/α,β-unsaturated/α-hetero) is 1. The summed E-state index contributed by atoms with van der Waals surface area (Å²) in [5, 5.41) is 12.2. The molecule has 2 aromatic carbocycles. The molecule has 2 aromatic rings. The van der Waals surface area contributed by atoms with Crippen molar-refractivity contribution >= 4 is 33.3 Å². The zero-order valence-electron chi connectivity index (χ0n) is 19.2. The van der Waals surface area contributed by atoms with Crippen LogP contribution in [0.25, 0.3) is 0 Å². The maximum Gasteiger partial charge on any atom is 0.262 e. The lowest BCUT2D eigenvalue weighted by Gasteiger charge is -2.37. The van der Waals surface area contributed by atoms with E-state index in [9.17, 15) is 19.2 Å². The zero-order chi connectivity index (χ0) is 25.3. The molecule has 0 saturated heterocycles. The van der Waals surface area contributed by atoms with Gasteiger partial charge >= 0.3 is 0 Å². The Morgan fingerprint density at radius 2 is 2.09 bits per heavy atom. The van der Waals surface area contributed by atoms with Gasteiger partial charge in [-0.05, 0) is 41.3 Å². The molecule has 7 nitrogen and oxygen atoms in total. The third-order valence-corrected chi connectivity index (χ3v) is 6.34. The summed E-state index contributed by atoms with van der Waals surface area (Å²) in [4.78, 5) is 25.4. The van der Waals surface area contributed by atoms with E-state index < -0.39 is 17.6 Å². The second-order valence-electron chi connectivity index (χ2n) is 9.24. The third kappa shape index (κ3) is 5.23. The molecule has 1 heterocycles. The Bertz CT molecular complexity index is 1330. The predicted molar refractivity (Wildman–Crippen MR) is 130 cm³/mol. The number of carbonyl (C=O) groups is 2. The van der Waals surface area contributed by atoms with E-state index in [2.05, 4.69) is 27.3 Å². The topological polar surface area (TPSA) is 114 Å². The molecule has 1 unspecified atom stereocenters. The summed E-state index contributed by atoms with van der Waals surface area (Å²) >= 11 is 3.17. The van der Waals surface area contributed by atoms with Crippen LogP contribution < -0.4 is 15.8 Å². The molecular formula is C26H23BrFN3O4. The van der Waals surface area contributed by atoms with Gasteiger partial charge in [-0.15, -0.1) is 0 Å². The summed E-state index contributed by atoms with van der Waals surface area (Å²) in [7, 11) is 0. The van der Waals surface area contributed by atoms with Crippen LogP contribution in [0.15, 0.2) is 69.7 Å². The fraction of sp³-hybridized carbons (Fsp3) is 0.269. The normalized spacial score (nSPS) is 18.9. The van der Waals surface area contributed by atoms with Crippen molar-refractivity contribution < 1.29 is 23.5 Å². The second-order valence-corrected chi connectivity index (χ2v) is 10.2. The molecule has 0 radical (unpaired) electrons. The SMILES string of the molecule is CC1(C)CC(=O)C2=C(C1)OC(N)=C(C#N)C2c1cccc(OCC(=O)Nc2ccc(Br)cc2F)c1. The summed E-state index contributed by atoms with van der Waals surface area (Å²) in [6.07, 6.45) is 0.847. The molecule has 0 fully saturated rings. The third-order valence-electron chi connectivity index (χ3n) is 5.84. The van der Waals surface area contributed by atoms with Gasteiger partial charge < -0.3 is 20.5 Å². The standard InChI is InChI=1S/C26H23BrFN3O4/c1-26(2)10-20(32)24-21(11-26)35-25(30)17(12-29)23(24)14-4-3-5-16(8-14)34-13-22(33)31-19-7-6-15(27)9-18(19)28/h3-9,23H,10-11,13,30H2,1-2H3,(H,31,33).